The zero-order valence-electron chi connectivity index (χ0n) is 11.2. The highest BCUT2D eigenvalue weighted by Crippen LogP contribution is 2.24. The molecule has 2 nitrogen and oxygen atoms in total. The van der Waals surface area contributed by atoms with Gasteiger partial charge in [-0.05, 0) is 24.8 Å². The van der Waals surface area contributed by atoms with E-state index in [1.165, 1.54) is 12.1 Å². The van der Waals surface area contributed by atoms with Crippen molar-refractivity contribution >= 4 is 34.4 Å². The monoisotopic (exact) mass is 300 g/mol. The summed E-state index contributed by atoms with van der Waals surface area (Å²) in [6.07, 6.45) is 0.707. The highest BCUT2D eigenvalue weighted by molar-refractivity contribution is 7.99. The van der Waals surface area contributed by atoms with Gasteiger partial charge in [-0.3, -0.25) is 0 Å². The zero-order chi connectivity index (χ0) is 13.8. The molecule has 104 valence electrons. The number of nitrogens with zero attached hydrogens (tertiary/aromatic N) is 2. The van der Waals surface area contributed by atoms with Crippen LogP contribution in [-0.2, 0) is 6.42 Å². The van der Waals surface area contributed by atoms with E-state index in [0.29, 0.717) is 23.9 Å². The highest BCUT2D eigenvalue weighted by Gasteiger charge is 2.15. The number of fused-ring (bicyclic) bond motifs is 1. The van der Waals surface area contributed by atoms with Crippen LogP contribution >= 0.6 is 23.4 Å². The lowest BCUT2D eigenvalue weighted by Crippen LogP contribution is -2.12. The molecule has 0 amide bonds. The fourth-order valence-electron chi connectivity index (χ4n) is 2.24. The van der Waals surface area contributed by atoms with Gasteiger partial charge in [-0.25, -0.2) is 9.37 Å². The summed E-state index contributed by atoms with van der Waals surface area (Å²) in [6.45, 7) is 4.32. The molecule has 1 aromatic heterocycles. The minimum absolute atomic E-state index is 0.245. The average Bonchev–Trinajstić information content (AvgIpc) is 2.73. The van der Waals surface area contributed by atoms with Crippen LogP contribution in [0.25, 0.3) is 11.0 Å². The van der Waals surface area contributed by atoms with Crippen molar-refractivity contribution in [2.75, 3.05) is 17.4 Å². The molecule has 0 aliphatic rings. The molecule has 5 heteroatoms. The summed E-state index contributed by atoms with van der Waals surface area (Å²) in [4.78, 5) is 4.52. The van der Waals surface area contributed by atoms with Crippen molar-refractivity contribution in [3.8, 4) is 0 Å². The van der Waals surface area contributed by atoms with Crippen LogP contribution in [0.4, 0.5) is 4.39 Å². The largest absolute Gasteiger partial charge is 0.324 e. The standard InChI is InChI=1S/C14H18ClFN2S/c1-3-19-9-10(2)18-13-5-4-11(16)8-12(13)17-14(18)6-7-15/h4-5,8,10H,3,6-7,9H2,1-2H3. The molecule has 0 spiro atoms. The number of imidazole rings is 1. The maximum atomic E-state index is 13.3. The molecular weight excluding hydrogens is 283 g/mol. The Morgan fingerprint density at radius 1 is 1.47 bits per heavy atom. The first-order chi connectivity index (χ1) is 9.17. The topological polar surface area (TPSA) is 17.8 Å². The van der Waals surface area contributed by atoms with Crippen molar-refractivity contribution < 1.29 is 4.39 Å². The molecule has 0 saturated carbocycles. The third-order valence-electron chi connectivity index (χ3n) is 3.05. The van der Waals surface area contributed by atoms with Crippen LogP contribution < -0.4 is 0 Å². The molecule has 1 unspecified atom stereocenters. The number of aromatic nitrogens is 2. The summed E-state index contributed by atoms with van der Waals surface area (Å²) in [6, 6.07) is 5.12. The van der Waals surface area contributed by atoms with E-state index in [9.17, 15) is 4.39 Å². The van der Waals surface area contributed by atoms with Gasteiger partial charge in [0.05, 0.1) is 11.0 Å². The smallest absolute Gasteiger partial charge is 0.125 e. The van der Waals surface area contributed by atoms with E-state index < -0.39 is 0 Å². The minimum atomic E-state index is -0.245. The van der Waals surface area contributed by atoms with Crippen LogP contribution in [0.3, 0.4) is 0 Å². The van der Waals surface area contributed by atoms with Crippen LogP contribution in [0, 0.1) is 5.82 Å². The Balaban J connectivity index is 2.45. The number of alkyl halides is 1. The molecule has 1 heterocycles. The van der Waals surface area contributed by atoms with Crippen molar-refractivity contribution in [1.29, 1.82) is 0 Å². The second-order valence-corrected chi connectivity index (χ2v) is 6.18. The fourth-order valence-corrected chi connectivity index (χ4v) is 3.13. The molecule has 19 heavy (non-hydrogen) atoms. The molecular formula is C14H18ClFN2S. The molecule has 0 saturated heterocycles. The van der Waals surface area contributed by atoms with Gasteiger partial charge in [-0.15, -0.1) is 11.6 Å². The predicted octanol–water partition coefficient (Wildman–Crippen LogP) is 4.27. The molecule has 2 aromatic rings. The predicted molar refractivity (Wildman–Crippen MR) is 81.8 cm³/mol. The molecule has 0 N–H and O–H groups in total. The lowest BCUT2D eigenvalue weighted by Gasteiger charge is -2.16. The Morgan fingerprint density at radius 3 is 2.95 bits per heavy atom. The molecule has 0 aliphatic carbocycles. The van der Waals surface area contributed by atoms with E-state index in [2.05, 4.69) is 23.4 Å². The molecule has 0 aliphatic heterocycles. The van der Waals surface area contributed by atoms with Gasteiger partial charge >= 0.3 is 0 Å². The summed E-state index contributed by atoms with van der Waals surface area (Å²) in [5.41, 5.74) is 1.71. The maximum Gasteiger partial charge on any atom is 0.125 e. The van der Waals surface area contributed by atoms with E-state index in [4.69, 9.17) is 11.6 Å². The van der Waals surface area contributed by atoms with Crippen molar-refractivity contribution in [1.82, 2.24) is 9.55 Å². The van der Waals surface area contributed by atoms with Crippen LogP contribution in [-0.4, -0.2) is 26.9 Å². The molecule has 0 fully saturated rings. The third kappa shape index (κ3) is 3.23. The van der Waals surface area contributed by atoms with Gasteiger partial charge in [0.1, 0.15) is 11.6 Å². The van der Waals surface area contributed by atoms with Crippen LogP contribution in [0.5, 0.6) is 0 Å². The van der Waals surface area contributed by atoms with Crippen molar-refractivity contribution in [3.63, 3.8) is 0 Å². The van der Waals surface area contributed by atoms with E-state index in [-0.39, 0.29) is 5.82 Å². The number of thioether (sulfide) groups is 1. The van der Waals surface area contributed by atoms with Crippen molar-refractivity contribution in [2.45, 2.75) is 26.3 Å². The van der Waals surface area contributed by atoms with Gasteiger partial charge in [-0.2, -0.15) is 11.8 Å². The maximum absolute atomic E-state index is 13.3. The summed E-state index contributed by atoms with van der Waals surface area (Å²) in [7, 11) is 0. The third-order valence-corrected chi connectivity index (χ3v) is 4.36. The quantitative estimate of drug-likeness (QED) is 0.741. The Bertz CT molecular complexity index is 556. The van der Waals surface area contributed by atoms with E-state index >= 15 is 0 Å². The Hall–Kier alpha value is -0.740. The first kappa shape index (κ1) is 14.7. The van der Waals surface area contributed by atoms with Crippen LogP contribution in [0.2, 0.25) is 0 Å². The lowest BCUT2D eigenvalue weighted by molar-refractivity contribution is 0.596. The molecule has 1 atom stereocenters. The number of halogens is 2. The first-order valence-corrected chi connectivity index (χ1v) is 8.16. The van der Waals surface area contributed by atoms with Gasteiger partial charge in [0.15, 0.2) is 0 Å². The van der Waals surface area contributed by atoms with Crippen LogP contribution in [0.15, 0.2) is 18.2 Å². The van der Waals surface area contributed by atoms with Crippen molar-refractivity contribution in [3.05, 3.63) is 29.8 Å². The Kier molecular flexibility index (Phi) is 5.11. The average molecular weight is 301 g/mol. The Morgan fingerprint density at radius 2 is 2.26 bits per heavy atom. The molecule has 0 bridgehead atoms. The number of hydrogen-bond acceptors (Lipinski definition) is 2. The summed E-state index contributed by atoms with van der Waals surface area (Å²) < 4.78 is 15.5. The normalized spacial score (nSPS) is 13.1. The summed E-state index contributed by atoms with van der Waals surface area (Å²) in [5.74, 6) is 3.34. The summed E-state index contributed by atoms with van der Waals surface area (Å²) in [5, 5.41) is 0. The van der Waals surface area contributed by atoms with Crippen molar-refractivity contribution in [2.24, 2.45) is 0 Å². The molecule has 1 aromatic carbocycles. The van der Waals surface area contributed by atoms with Gasteiger partial charge < -0.3 is 4.57 Å². The SMILES string of the molecule is CCSCC(C)n1c(CCCl)nc2cc(F)ccc21. The number of rotatable bonds is 6. The second-order valence-electron chi connectivity index (χ2n) is 4.48. The van der Waals surface area contributed by atoms with Gasteiger partial charge in [0.2, 0.25) is 0 Å². The molecule has 0 radical (unpaired) electrons. The minimum Gasteiger partial charge on any atom is -0.324 e. The lowest BCUT2D eigenvalue weighted by atomic mass is 10.3. The molecule has 2 rings (SSSR count). The number of aryl methyl sites for hydroxylation is 1. The van der Waals surface area contributed by atoms with E-state index in [1.807, 2.05) is 17.8 Å². The van der Waals surface area contributed by atoms with E-state index in [1.54, 1.807) is 0 Å². The fraction of sp³-hybridized carbons (Fsp3) is 0.500. The first-order valence-electron chi connectivity index (χ1n) is 6.47. The highest BCUT2D eigenvalue weighted by atomic mass is 35.5. The van der Waals surface area contributed by atoms with Gasteiger partial charge in [-0.1, -0.05) is 6.92 Å². The number of hydrogen-bond donors (Lipinski definition) is 0. The number of benzene rings is 1. The second kappa shape index (κ2) is 6.62. The van der Waals surface area contributed by atoms with Crippen LogP contribution in [0.1, 0.15) is 25.7 Å². The van der Waals surface area contributed by atoms with Gasteiger partial charge in [0.25, 0.3) is 0 Å². The summed E-state index contributed by atoms with van der Waals surface area (Å²) >= 11 is 7.74. The van der Waals surface area contributed by atoms with Gasteiger partial charge in [0, 0.05) is 30.2 Å². The van der Waals surface area contributed by atoms with E-state index in [0.717, 1.165) is 22.8 Å². The Labute approximate surface area is 122 Å². The zero-order valence-corrected chi connectivity index (χ0v) is 12.8.